The number of nitro groups is 1. The fourth-order valence-electron chi connectivity index (χ4n) is 2.31. The average Bonchev–Trinajstić information content (AvgIpc) is 2.85. The Bertz CT molecular complexity index is 421. The van der Waals surface area contributed by atoms with Crippen molar-refractivity contribution < 1.29 is 4.92 Å². The molecule has 1 aliphatic rings. The topological polar surface area (TPSA) is 61.6 Å². The molecule has 104 valence electrons. The first-order valence-electron chi connectivity index (χ1n) is 6.51. The third-order valence-electron chi connectivity index (χ3n) is 3.38. The molecule has 1 fully saturated rings. The first kappa shape index (κ1) is 13.9. The van der Waals surface area contributed by atoms with Crippen LogP contribution >= 0.6 is 0 Å². The second kappa shape index (κ2) is 6.60. The van der Waals surface area contributed by atoms with Crippen LogP contribution in [0.3, 0.4) is 0 Å². The summed E-state index contributed by atoms with van der Waals surface area (Å²) in [7, 11) is 1.96. The van der Waals surface area contributed by atoms with E-state index >= 15 is 0 Å². The Hall–Kier alpha value is -1.50. The number of rotatable bonds is 6. The Balaban J connectivity index is 1.78. The van der Waals surface area contributed by atoms with Gasteiger partial charge in [0.05, 0.1) is 11.6 Å². The van der Waals surface area contributed by atoms with Crippen molar-refractivity contribution in [3.8, 4) is 0 Å². The lowest BCUT2D eigenvalue weighted by molar-refractivity contribution is -0.384. The van der Waals surface area contributed by atoms with Crippen LogP contribution in [-0.4, -0.2) is 54.7 Å². The summed E-state index contributed by atoms with van der Waals surface area (Å²) in [6.07, 6.45) is 0.936. The zero-order valence-corrected chi connectivity index (χ0v) is 11.2. The van der Waals surface area contributed by atoms with Crippen LogP contribution in [0.2, 0.25) is 0 Å². The van der Waals surface area contributed by atoms with E-state index in [2.05, 4.69) is 15.1 Å². The maximum absolute atomic E-state index is 10.6. The molecule has 0 amide bonds. The molecule has 0 atom stereocenters. The van der Waals surface area contributed by atoms with Crippen LogP contribution in [-0.2, 0) is 6.42 Å². The molecule has 2 rings (SSSR count). The van der Waals surface area contributed by atoms with Gasteiger partial charge in [0.1, 0.15) is 0 Å². The van der Waals surface area contributed by atoms with Crippen molar-refractivity contribution in [2.75, 3.05) is 40.0 Å². The number of hydrogen-bond acceptors (Lipinski definition) is 5. The zero-order chi connectivity index (χ0) is 13.7. The van der Waals surface area contributed by atoms with Crippen LogP contribution in [0.4, 0.5) is 5.69 Å². The van der Waals surface area contributed by atoms with Gasteiger partial charge in [0, 0.05) is 38.4 Å². The van der Waals surface area contributed by atoms with Crippen LogP contribution in [0, 0.1) is 10.1 Å². The number of nitro benzene ring substituents is 1. The van der Waals surface area contributed by atoms with E-state index in [1.54, 1.807) is 12.1 Å². The summed E-state index contributed by atoms with van der Waals surface area (Å²) in [6.45, 7) is 5.11. The second-order valence-corrected chi connectivity index (χ2v) is 4.84. The molecule has 1 aliphatic heterocycles. The molecule has 0 spiro atoms. The van der Waals surface area contributed by atoms with Crippen LogP contribution in [0.5, 0.6) is 0 Å². The van der Waals surface area contributed by atoms with Gasteiger partial charge in [-0.05, 0) is 19.0 Å². The van der Waals surface area contributed by atoms with Crippen LogP contribution < -0.4 is 5.32 Å². The van der Waals surface area contributed by atoms with Crippen molar-refractivity contribution in [2.24, 2.45) is 0 Å². The molecule has 0 aliphatic carbocycles. The van der Waals surface area contributed by atoms with E-state index in [4.69, 9.17) is 0 Å². The summed E-state index contributed by atoms with van der Waals surface area (Å²) in [4.78, 5) is 15.0. The molecule has 19 heavy (non-hydrogen) atoms. The van der Waals surface area contributed by atoms with Gasteiger partial charge in [0.2, 0.25) is 0 Å². The number of nitrogens with zero attached hydrogens (tertiary/aromatic N) is 3. The van der Waals surface area contributed by atoms with Crippen LogP contribution in [0.15, 0.2) is 24.3 Å². The molecule has 0 aromatic heterocycles. The smallest absolute Gasteiger partial charge is 0.269 e. The standard InChI is InChI=1S/C13H20N4O2/c1-14-10-16-9-8-15(11-16)7-6-12-2-4-13(5-3-12)17(18)19/h2-5,14H,6-11H2,1H3. The van der Waals surface area contributed by atoms with E-state index in [1.807, 2.05) is 19.2 Å². The van der Waals surface area contributed by atoms with E-state index in [0.717, 1.165) is 45.0 Å². The minimum Gasteiger partial charge on any atom is -0.307 e. The van der Waals surface area contributed by atoms with Gasteiger partial charge in [-0.3, -0.25) is 19.9 Å². The molecular weight excluding hydrogens is 244 g/mol. The molecule has 0 radical (unpaired) electrons. The Morgan fingerprint density at radius 1 is 1.26 bits per heavy atom. The maximum Gasteiger partial charge on any atom is 0.269 e. The Labute approximate surface area is 113 Å². The Morgan fingerprint density at radius 3 is 2.58 bits per heavy atom. The van der Waals surface area contributed by atoms with Crippen molar-refractivity contribution >= 4 is 5.69 Å². The van der Waals surface area contributed by atoms with Crippen molar-refractivity contribution in [3.63, 3.8) is 0 Å². The predicted molar refractivity (Wildman–Crippen MR) is 73.9 cm³/mol. The first-order chi connectivity index (χ1) is 9.19. The molecule has 0 bridgehead atoms. The average molecular weight is 264 g/mol. The van der Waals surface area contributed by atoms with Crippen molar-refractivity contribution in [2.45, 2.75) is 6.42 Å². The van der Waals surface area contributed by atoms with Gasteiger partial charge >= 0.3 is 0 Å². The van der Waals surface area contributed by atoms with E-state index in [9.17, 15) is 10.1 Å². The molecule has 1 N–H and O–H groups in total. The summed E-state index contributed by atoms with van der Waals surface area (Å²) in [5.74, 6) is 0. The lowest BCUT2D eigenvalue weighted by Crippen LogP contribution is -2.32. The normalized spacial score (nSPS) is 16.9. The lowest BCUT2D eigenvalue weighted by Gasteiger charge is -2.17. The van der Waals surface area contributed by atoms with Gasteiger partial charge in [-0.15, -0.1) is 0 Å². The maximum atomic E-state index is 10.6. The Morgan fingerprint density at radius 2 is 1.95 bits per heavy atom. The third-order valence-corrected chi connectivity index (χ3v) is 3.38. The SMILES string of the molecule is CNCN1CCN(CCc2ccc([N+](=O)[O-])cc2)C1. The highest BCUT2D eigenvalue weighted by Gasteiger charge is 2.18. The van der Waals surface area contributed by atoms with Gasteiger partial charge < -0.3 is 5.32 Å². The minimum absolute atomic E-state index is 0.158. The van der Waals surface area contributed by atoms with E-state index in [1.165, 1.54) is 0 Å². The highest BCUT2D eigenvalue weighted by atomic mass is 16.6. The number of hydrogen-bond donors (Lipinski definition) is 1. The van der Waals surface area contributed by atoms with E-state index < -0.39 is 0 Å². The minimum atomic E-state index is -0.361. The first-order valence-corrected chi connectivity index (χ1v) is 6.51. The highest BCUT2D eigenvalue weighted by Crippen LogP contribution is 2.13. The highest BCUT2D eigenvalue weighted by molar-refractivity contribution is 5.32. The molecule has 0 saturated carbocycles. The quantitative estimate of drug-likeness (QED) is 0.611. The number of nitrogens with one attached hydrogen (secondary N) is 1. The van der Waals surface area contributed by atoms with Gasteiger partial charge in [-0.1, -0.05) is 12.1 Å². The van der Waals surface area contributed by atoms with E-state index in [0.29, 0.717) is 0 Å². The third kappa shape index (κ3) is 3.99. The van der Waals surface area contributed by atoms with Crippen LogP contribution in [0.1, 0.15) is 5.56 Å². The zero-order valence-electron chi connectivity index (χ0n) is 11.2. The Kier molecular flexibility index (Phi) is 4.84. The summed E-state index contributed by atoms with van der Waals surface area (Å²) in [5.41, 5.74) is 1.31. The summed E-state index contributed by atoms with van der Waals surface area (Å²) in [5, 5.41) is 13.7. The van der Waals surface area contributed by atoms with Gasteiger partial charge in [0.15, 0.2) is 0 Å². The predicted octanol–water partition coefficient (Wildman–Crippen LogP) is 0.889. The molecule has 6 heteroatoms. The lowest BCUT2D eigenvalue weighted by atomic mass is 10.1. The number of non-ortho nitro benzene ring substituents is 1. The molecule has 6 nitrogen and oxygen atoms in total. The van der Waals surface area contributed by atoms with Crippen molar-refractivity contribution in [3.05, 3.63) is 39.9 Å². The van der Waals surface area contributed by atoms with Gasteiger partial charge in [-0.2, -0.15) is 0 Å². The fraction of sp³-hybridized carbons (Fsp3) is 0.538. The largest absolute Gasteiger partial charge is 0.307 e. The van der Waals surface area contributed by atoms with E-state index in [-0.39, 0.29) is 10.6 Å². The van der Waals surface area contributed by atoms with Gasteiger partial charge in [0.25, 0.3) is 5.69 Å². The molecule has 1 aromatic carbocycles. The monoisotopic (exact) mass is 264 g/mol. The summed E-state index contributed by atoms with van der Waals surface area (Å²) in [6, 6.07) is 6.85. The summed E-state index contributed by atoms with van der Waals surface area (Å²) < 4.78 is 0. The van der Waals surface area contributed by atoms with Crippen molar-refractivity contribution in [1.29, 1.82) is 0 Å². The molecule has 0 unspecified atom stereocenters. The fourth-order valence-corrected chi connectivity index (χ4v) is 2.31. The van der Waals surface area contributed by atoms with Crippen LogP contribution in [0.25, 0.3) is 0 Å². The van der Waals surface area contributed by atoms with Gasteiger partial charge in [-0.25, -0.2) is 0 Å². The molecule has 1 saturated heterocycles. The molecule has 1 heterocycles. The number of benzene rings is 1. The molecular formula is C13H20N4O2. The molecule has 1 aromatic rings. The second-order valence-electron chi connectivity index (χ2n) is 4.84. The summed E-state index contributed by atoms with van der Waals surface area (Å²) >= 11 is 0. The van der Waals surface area contributed by atoms with Crippen molar-refractivity contribution in [1.82, 2.24) is 15.1 Å².